The SMILES string of the molecule is COCc1cc(C)cc(-c2ccc(C(=O)NS(=O)(=O)c3ccccc3)c(Oc3c(C)cc(C)cc3C)n2)n1. The molecule has 0 bridgehead atoms. The van der Waals surface area contributed by atoms with Crippen LogP contribution in [-0.4, -0.2) is 31.4 Å². The molecular formula is C29H29N3O5S. The number of pyridine rings is 2. The number of nitrogens with zero attached hydrogens (tertiary/aromatic N) is 2. The zero-order chi connectivity index (χ0) is 27.4. The van der Waals surface area contributed by atoms with Crippen molar-refractivity contribution in [3.63, 3.8) is 0 Å². The van der Waals surface area contributed by atoms with E-state index in [1.54, 1.807) is 31.4 Å². The van der Waals surface area contributed by atoms with Crippen LogP contribution < -0.4 is 9.46 Å². The average Bonchev–Trinajstić information content (AvgIpc) is 2.86. The Bertz CT molecular complexity index is 1580. The van der Waals surface area contributed by atoms with Gasteiger partial charge in [-0.05, 0) is 80.8 Å². The molecule has 0 aliphatic rings. The van der Waals surface area contributed by atoms with Gasteiger partial charge in [0.25, 0.3) is 15.9 Å². The van der Waals surface area contributed by atoms with Gasteiger partial charge in [0.2, 0.25) is 5.88 Å². The largest absolute Gasteiger partial charge is 0.438 e. The number of aryl methyl sites for hydroxylation is 4. The number of carbonyl (C=O) groups is 1. The Labute approximate surface area is 222 Å². The summed E-state index contributed by atoms with van der Waals surface area (Å²) < 4.78 is 39.3. The number of carbonyl (C=O) groups excluding carboxylic acids is 1. The lowest BCUT2D eigenvalue weighted by atomic mass is 10.1. The van der Waals surface area contributed by atoms with Gasteiger partial charge in [-0.1, -0.05) is 35.9 Å². The Morgan fingerprint density at radius 1 is 0.842 bits per heavy atom. The fourth-order valence-corrected chi connectivity index (χ4v) is 5.17. The molecule has 9 heteroatoms. The molecule has 4 rings (SSSR count). The second-order valence-electron chi connectivity index (χ2n) is 9.08. The predicted octanol–water partition coefficient (Wildman–Crippen LogP) is 5.43. The van der Waals surface area contributed by atoms with Gasteiger partial charge in [-0.3, -0.25) is 4.79 Å². The summed E-state index contributed by atoms with van der Waals surface area (Å²) in [5, 5.41) is 0. The Balaban J connectivity index is 1.80. The van der Waals surface area contributed by atoms with Gasteiger partial charge >= 0.3 is 0 Å². The molecule has 0 aliphatic heterocycles. The minimum Gasteiger partial charge on any atom is -0.438 e. The summed E-state index contributed by atoms with van der Waals surface area (Å²) in [4.78, 5) is 22.5. The van der Waals surface area contributed by atoms with E-state index in [0.29, 0.717) is 23.7 Å². The van der Waals surface area contributed by atoms with Crippen LogP contribution >= 0.6 is 0 Å². The highest BCUT2D eigenvalue weighted by atomic mass is 32.2. The van der Waals surface area contributed by atoms with Crippen molar-refractivity contribution in [1.82, 2.24) is 14.7 Å². The smallest absolute Gasteiger partial charge is 0.270 e. The van der Waals surface area contributed by atoms with Crippen LogP contribution in [0.15, 0.2) is 71.6 Å². The lowest BCUT2D eigenvalue weighted by Gasteiger charge is -2.16. The number of aromatic nitrogens is 2. The number of hydrogen-bond donors (Lipinski definition) is 1. The van der Waals surface area contributed by atoms with E-state index in [4.69, 9.17) is 9.47 Å². The van der Waals surface area contributed by atoms with Crippen molar-refractivity contribution >= 4 is 15.9 Å². The second-order valence-corrected chi connectivity index (χ2v) is 10.8. The number of hydrogen-bond acceptors (Lipinski definition) is 7. The van der Waals surface area contributed by atoms with Crippen LogP contribution in [0.4, 0.5) is 0 Å². The summed E-state index contributed by atoms with van der Waals surface area (Å²) in [7, 11) is -2.51. The molecule has 38 heavy (non-hydrogen) atoms. The van der Waals surface area contributed by atoms with Gasteiger partial charge in [-0.25, -0.2) is 23.1 Å². The molecule has 8 nitrogen and oxygen atoms in total. The van der Waals surface area contributed by atoms with E-state index < -0.39 is 15.9 Å². The number of amides is 1. The van der Waals surface area contributed by atoms with Crippen molar-refractivity contribution in [3.05, 3.63) is 100 Å². The van der Waals surface area contributed by atoms with E-state index in [1.807, 2.05) is 52.0 Å². The minimum absolute atomic E-state index is 0.0275. The Morgan fingerprint density at radius 3 is 2.16 bits per heavy atom. The monoisotopic (exact) mass is 531 g/mol. The maximum absolute atomic E-state index is 13.3. The van der Waals surface area contributed by atoms with Crippen molar-refractivity contribution in [3.8, 4) is 23.0 Å². The third kappa shape index (κ3) is 6.07. The van der Waals surface area contributed by atoms with E-state index in [-0.39, 0.29) is 16.3 Å². The summed E-state index contributed by atoms with van der Waals surface area (Å²) >= 11 is 0. The number of benzene rings is 2. The van der Waals surface area contributed by atoms with Gasteiger partial charge in [-0.2, -0.15) is 0 Å². The van der Waals surface area contributed by atoms with E-state index >= 15 is 0 Å². The van der Waals surface area contributed by atoms with Gasteiger partial charge in [-0.15, -0.1) is 0 Å². The zero-order valence-corrected chi connectivity index (χ0v) is 22.7. The normalized spacial score (nSPS) is 11.3. The van der Waals surface area contributed by atoms with Gasteiger partial charge in [0.05, 0.1) is 28.6 Å². The van der Waals surface area contributed by atoms with E-state index in [0.717, 1.165) is 27.9 Å². The molecule has 0 fully saturated rings. The van der Waals surface area contributed by atoms with Crippen LogP contribution in [0.25, 0.3) is 11.4 Å². The Morgan fingerprint density at radius 2 is 1.50 bits per heavy atom. The average molecular weight is 532 g/mol. The van der Waals surface area contributed by atoms with Crippen molar-refractivity contribution in [2.75, 3.05) is 7.11 Å². The van der Waals surface area contributed by atoms with Crippen molar-refractivity contribution < 1.29 is 22.7 Å². The lowest BCUT2D eigenvalue weighted by Crippen LogP contribution is -2.31. The molecule has 2 aromatic heterocycles. The van der Waals surface area contributed by atoms with Crippen LogP contribution in [0.5, 0.6) is 11.6 Å². The molecule has 0 saturated carbocycles. The summed E-state index contributed by atoms with van der Waals surface area (Å²) in [5.41, 5.74) is 5.48. The molecular weight excluding hydrogens is 502 g/mol. The first-order valence-electron chi connectivity index (χ1n) is 11.9. The number of rotatable bonds is 8. The van der Waals surface area contributed by atoms with Crippen LogP contribution in [0.2, 0.25) is 0 Å². The highest BCUT2D eigenvalue weighted by molar-refractivity contribution is 7.90. The number of sulfonamides is 1. The topological polar surface area (TPSA) is 107 Å². The maximum atomic E-state index is 13.3. The quantitative estimate of drug-likeness (QED) is 0.323. The Hall–Kier alpha value is -4.08. The van der Waals surface area contributed by atoms with Crippen molar-refractivity contribution in [1.29, 1.82) is 0 Å². The molecule has 0 unspecified atom stereocenters. The van der Waals surface area contributed by atoms with Gasteiger partial charge in [0.15, 0.2) is 0 Å². The first kappa shape index (κ1) is 27.0. The molecule has 0 aliphatic carbocycles. The van der Waals surface area contributed by atoms with Gasteiger partial charge in [0, 0.05) is 7.11 Å². The predicted molar refractivity (Wildman–Crippen MR) is 145 cm³/mol. The lowest BCUT2D eigenvalue weighted by molar-refractivity contribution is 0.0978. The highest BCUT2D eigenvalue weighted by Gasteiger charge is 2.24. The highest BCUT2D eigenvalue weighted by Crippen LogP contribution is 2.32. The summed E-state index contributed by atoms with van der Waals surface area (Å²) in [6.45, 7) is 8.06. The fourth-order valence-electron chi connectivity index (χ4n) is 4.19. The molecule has 196 valence electrons. The Kier molecular flexibility index (Phi) is 7.89. The molecule has 1 N–H and O–H groups in total. The van der Waals surface area contributed by atoms with E-state index in [1.165, 1.54) is 18.2 Å². The molecule has 2 heterocycles. The van der Waals surface area contributed by atoms with Gasteiger partial charge < -0.3 is 9.47 Å². The van der Waals surface area contributed by atoms with Crippen LogP contribution in [-0.2, 0) is 21.4 Å². The fraction of sp³-hybridized carbons (Fsp3) is 0.207. The summed E-state index contributed by atoms with van der Waals surface area (Å²) in [5.74, 6) is -0.352. The first-order valence-corrected chi connectivity index (χ1v) is 13.4. The third-order valence-electron chi connectivity index (χ3n) is 5.77. The number of nitrogens with one attached hydrogen (secondary N) is 1. The standard InChI is InChI=1S/C29H29N3O5S/c1-18-13-20(3)27(21(4)14-18)37-29-24(28(33)32-38(34,35)23-9-7-6-8-10-23)11-12-25(31-29)26-16-19(2)15-22(30-26)17-36-5/h6-16H,17H2,1-5H3,(H,32,33). The molecule has 4 aromatic rings. The molecule has 2 aromatic carbocycles. The molecule has 0 radical (unpaired) electrons. The number of methoxy groups -OCH3 is 1. The van der Waals surface area contributed by atoms with Crippen LogP contribution in [0.3, 0.4) is 0 Å². The van der Waals surface area contributed by atoms with Crippen molar-refractivity contribution in [2.24, 2.45) is 0 Å². The van der Waals surface area contributed by atoms with Crippen LogP contribution in [0, 0.1) is 27.7 Å². The van der Waals surface area contributed by atoms with Crippen molar-refractivity contribution in [2.45, 2.75) is 39.2 Å². The van der Waals surface area contributed by atoms with E-state index in [2.05, 4.69) is 14.7 Å². The second kappa shape index (κ2) is 11.1. The molecule has 0 saturated heterocycles. The maximum Gasteiger partial charge on any atom is 0.270 e. The summed E-state index contributed by atoms with van der Waals surface area (Å²) in [6, 6.07) is 18.5. The first-order chi connectivity index (χ1) is 18.1. The molecule has 0 spiro atoms. The number of ether oxygens (including phenoxy) is 2. The van der Waals surface area contributed by atoms with Gasteiger partial charge in [0.1, 0.15) is 11.3 Å². The summed E-state index contributed by atoms with van der Waals surface area (Å²) in [6.07, 6.45) is 0. The molecule has 1 amide bonds. The van der Waals surface area contributed by atoms with Crippen LogP contribution in [0.1, 0.15) is 38.3 Å². The molecule has 0 atom stereocenters. The third-order valence-corrected chi connectivity index (χ3v) is 7.11. The zero-order valence-electron chi connectivity index (χ0n) is 21.9. The van der Waals surface area contributed by atoms with E-state index in [9.17, 15) is 13.2 Å². The minimum atomic E-state index is -4.11.